The van der Waals surface area contributed by atoms with Crippen LogP contribution in [0.15, 0.2) is 59.6 Å². The summed E-state index contributed by atoms with van der Waals surface area (Å²) >= 11 is 12.3. The fourth-order valence-electron chi connectivity index (χ4n) is 5.22. The second-order valence-electron chi connectivity index (χ2n) is 11.2. The molecule has 1 N–H and O–H groups in total. The Morgan fingerprint density at radius 3 is 2.19 bits per heavy atom. The SMILES string of the molecule is Cc1c(N(C(C(=O)O)C(C)(C)C)S(=O)(=O)c2cc(Cl)cc(Cl)c2)ccc2c1ccn2-c1ccc(N2CCOCC2)nn1. The van der Waals surface area contributed by atoms with Crippen molar-refractivity contribution in [3.63, 3.8) is 0 Å². The molecule has 0 bridgehead atoms. The first-order valence-corrected chi connectivity index (χ1v) is 15.5. The molecule has 0 saturated carbocycles. The second kappa shape index (κ2) is 11.4. The van der Waals surface area contributed by atoms with Crippen molar-refractivity contribution in [1.29, 1.82) is 0 Å². The molecule has 1 unspecified atom stereocenters. The molecule has 10 nitrogen and oxygen atoms in total. The summed E-state index contributed by atoms with van der Waals surface area (Å²) in [4.78, 5) is 14.6. The number of morpholine rings is 1. The smallest absolute Gasteiger partial charge is 0.328 e. The van der Waals surface area contributed by atoms with Gasteiger partial charge in [-0.25, -0.2) is 13.2 Å². The number of carboxylic acids is 1. The van der Waals surface area contributed by atoms with E-state index in [0.29, 0.717) is 24.6 Å². The number of benzene rings is 2. The number of nitrogens with zero attached hydrogens (tertiary/aromatic N) is 5. The molecule has 0 amide bonds. The Bertz CT molecular complexity index is 1730. The predicted molar refractivity (Wildman–Crippen MR) is 164 cm³/mol. The molecule has 13 heteroatoms. The third-order valence-corrected chi connectivity index (χ3v) is 9.44. The molecule has 2 aromatic carbocycles. The third kappa shape index (κ3) is 5.66. The van der Waals surface area contributed by atoms with E-state index in [4.69, 9.17) is 27.9 Å². The molecule has 1 aliphatic rings. The quantitative estimate of drug-likeness (QED) is 0.281. The molecule has 1 atom stereocenters. The number of carboxylic acid groups (broad SMARTS) is 1. The van der Waals surface area contributed by atoms with Gasteiger partial charge in [0.05, 0.1) is 29.3 Å². The molecule has 42 heavy (non-hydrogen) atoms. The minimum Gasteiger partial charge on any atom is -0.480 e. The van der Waals surface area contributed by atoms with Crippen LogP contribution < -0.4 is 9.21 Å². The molecule has 2 aromatic heterocycles. The lowest BCUT2D eigenvalue weighted by atomic mass is 9.86. The molecule has 0 spiro atoms. The number of sulfonamides is 1. The van der Waals surface area contributed by atoms with Crippen molar-refractivity contribution in [3.05, 3.63) is 70.3 Å². The number of rotatable bonds is 7. The van der Waals surface area contributed by atoms with Crippen LogP contribution in [0.4, 0.5) is 11.5 Å². The van der Waals surface area contributed by atoms with Crippen LogP contribution in [0, 0.1) is 12.3 Å². The predicted octanol–water partition coefficient (Wildman–Crippen LogP) is 5.57. The number of aryl methyl sites for hydroxylation is 1. The normalized spacial score (nSPS) is 15.1. The van der Waals surface area contributed by atoms with Crippen molar-refractivity contribution in [3.8, 4) is 5.82 Å². The van der Waals surface area contributed by atoms with Crippen molar-refractivity contribution in [2.24, 2.45) is 5.41 Å². The van der Waals surface area contributed by atoms with E-state index in [0.717, 1.165) is 34.1 Å². The first kappa shape index (κ1) is 30.1. The Morgan fingerprint density at radius 1 is 1.00 bits per heavy atom. The van der Waals surface area contributed by atoms with Gasteiger partial charge in [0, 0.05) is 34.7 Å². The summed E-state index contributed by atoms with van der Waals surface area (Å²) in [6, 6.07) is 11.5. The molecule has 1 aliphatic heterocycles. The van der Waals surface area contributed by atoms with Gasteiger partial charge in [0.2, 0.25) is 0 Å². The van der Waals surface area contributed by atoms with Crippen LogP contribution in [0.3, 0.4) is 0 Å². The zero-order valence-corrected chi connectivity index (χ0v) is 25.9. The third-order valence-electron chi connectivity index (χ3n) is 7.25. The van der Waals surface area contributed by atoms with Crippen LogP contribution in [-0.2, 0) is 19.6 Å². The highest BCUT2D eigenvalue weighted by atomic mass is 35.5. The van der Waals surface area contributed by atoms with Gasteiger partial charge in [-0.3, -0.25) is 8.87 Å². The van der Waals surface area contributed by atoms with Crippen LogP contribution in [0.2, 0.25) is 10.0 Å². The zero-order chi connectivity index (χ0) is 30.4. The number of hydrogen-bond acceptors (Lipinski definition) is 7. The summed E-state index contributed by atoms with van der Waals surface area (Å²) in [5, 5.41) is 20.2. The lowest BCUT2D eigenvalue weighted by molar-refractivity contribution is -0.140. The fraction of sp³-hybridized carbons (Fsp3) is 0.345. The summed E-state index contributed by atoms with van der Waals surface area (Å²) in [7, 11) is -4.44. The number of aliphatic carboxylic acids is 1. The van der Waals surface area contributed by atoms with Crippen molar-refractivity contribution >= 4 is 61.6 Å². The Kier molecular flexibility index (Phi) is 8.14. The van der Waals surface area contributed by atoms with E-state index >= 15 is 0 Å². The summed E-state index contributed by atoms with van der Waals surface area (Å²) in [5.74, 6) is 0.0676. The van der Waals surface area contributed by atoms with Gasteiger partial charge >= 0.3 is 5.97 Å². The van der Waals surface area contributed by atoms with Crippen LogP contribution >= 0.6 is 23.2 Å². The number of halogens is 2. The molecule has 5 rings (SSSR count). The molecule has 1 fully saturated rings. The highest BCUT2D eigenvalue weighted by Gasteiger charge is 2.44. The van der Waals surface area contributed by atoms with E-state index in [1.807, 2.05) is 29.0 Å². The van der Waals surface area contributed by atoms with E-state index in [2.05, 4.69) is 15.1 Å². The zero-order valence-electron chi connectivity index (χ0n) is 23.6. The number of ether oxygens (including phenoxy) is 1. The Hall–Kier alpha value is -3.38. The van der Waals surface area contributed by atoms with Gasteiger partial charge in [0.1, 0.15) is 6.04 Å². The fourth-order valence-corrected chi connectivity index (χ4v) is 7.79. The number of anilines is 2. The van der Waals surface area contributed by atoms with Crippen molar-refractivity contribution in [2.45, 2.75) is 38.6 Å². The lowest BCUT2D eigenvalue weighted by Gasteiger charge is -2.38. The van der Waals surface area contributed by atoms with E-state index in [1.54, 1.807) is 39.8 Å². The molecule has 0 radical (unpaired) electrons. The summed E-state index contributed by atoms with van der Waals surface area (Å²) in [6.45, 7) is 9.59. The highest BCUT2D eigenvalue weighted by molar-refractivity contribution is 7.93. The van der Waals surface area contributed by atoms with Crippen LogP contribution in [0.25, 0.3) is 16.7 Å². The molecule has 222 valence electrons. The van der Waals surface area contributed by atoms with Crippen LogP contribution in [0.5, 0.6) is 0 Å². The monoisotopic (exact) mass is 631 g/mol. The molecular formula is C29H31Cl2N5O5S. The van der Waals surface area contributed by atoms with E-state index in [9.17, 15) is 18.3 Å². The number of hydrogen-bond donors (Lipinski definition) is 1. The average Bonchev–Trinajstić information content (AvgIpc) is 3.36. The molecule has 0 aliphatic carbocycles. The van der Waals surface area contributed by atoms with Gasteiger partial charge in [-0.1, -0.05) is 44.0 Å². The maximum Gasteiger partial charge on any atom is 0.328 e. The number of aromatic nitrogens is 3. The summed E-state index contributed by atoms with van der Waals surface area (Å²) < 4.78 is 36.7. The number of carbonyl (C=O) groups is 1. The van der Waals surface area contributed by atoms with E-state index in [1.165, 1.54) is 18.2 Å². The minimum atomic E-state index is -4.44. The van der Waals surface area contributed by atoms with Gasteiger partial charge in [0.25, 0.3) is 10.0 Å². The van der Waals surface area contributed by atoms with Gasteiger partial charge in [-0.15, -0.1) is 10.2 Å². The first-order chi connectivity index (χ1) is 19.8. The average molecular weight is 633 g/mol. The second-order valence-corrected chi connectivity index (χ2v) is 13.9. The largest absolute Gasteiger partial charge is 0.480 e. The first-order valence-electron chi connectivity index (χ1n) is 13.3. The van der Waals surface area contributed by atoms with Gasteiger partial charge in [0.15, 0.2) is 11.6 Å². The van der Waals surface area contributed by atoms with Crippen molar-refractivity contribution in [2.75, 3.05) is 35.5 Å². The van der Waals surface area contributed by atoms with Crippen LogP contribution in [0.1, 0.15) is 26.3 Å². The summed E-state index contributed by atoms with van der Waals surface area (Å²) in [5.41, 5.74) is 0.589. The van der Waals surface area contributed by atoms with Crippen molar-refractivity contribution < 1.29 is 23.1 Å². The van der Waals surface area contributed by atoms with Gasteiger partial charge < -0.3 is 14.7 Å². The molecule has 1 saturated heterocycles. The Morgan fingerprint density at radius 2 is 1.62 bits per heavy atom. The topological polar surface area (TPSA) is 118 Å². The van der Waals surface area contributed by atoms with Gasteiger partial charge in [-0.05, 0) is 66.4 Å². The maximum absolute atomic E-state index is 14.2. The summed E-state index contributed by atoms with van der Waals surface area (Å²) in [6.07, 6.45) is 1.83. The van der Waals surface area contributed by atoms with Crippen molar-refractivity contribution in [1.82, 2.24) is 14.8 Å². The van der Waals surface area contributed by atoms with E-state index < -0.39 is 27.4 Å². The lowest BCUT2D eigenvalue weighted by Crippen LogP contribution is -2.52. The highest BCUT2D eigenvalue weighted by Crippen LogP contribution is 2.39. The molecule has 3 heterocycles. The van der Waals surface area contributed by atoms with Crippen LogP contribution in [-0.4, -0.2) is 66.6 Å². The Labute approximate surface area is 254 Å². The Balaban J connectivity index is 1.63. The van der Waals surface area contributed by atoms with E-state index in [-0.39, 0.29) is 20.6 Å². The standard InChI is InChI=1S/C29H31Cl2N5O5S/c1-18-22-9-10-35(26-8-7-25(32-33-26)34-11-13-41-14-12-34)24(22)6-5-23(18)36(27(28(37)38)29(2,3)4)42(39,40)21-16-19(30)15-20(31)17-21/h5-10,15-17,27H,11-14H2,1-4H3,(H,37,38). The number of fused-ring (bicyclic) bond motifs is 1. The van der Waals surface area contributed by atoms with Gasteiger partial charge in [-0.2, -0.15) is 0 Å². The molecular weight excluding hydrogens is 601 g/mol. The maximum atomic E-state index is 14.2. The molecule has 4 aromatic rings. The minimum absolute atomic E-state index is 0.119.